The third kappa shape index (κ3) is 4.50. The molecule has 1 N–H and O–H groups in total. The van der Waals surface area contributed by atoms with Gasteiger partial charge in [-0.3, -0.25) is 9.69 Å². The molecule has 108 valence electrons. The fourth-order valence-corrected chi connectivity index (χ4v) is 2.51. The Hall–Kier alpha value is -1.08. The molecule has 4 nitrogen and oxygen atoms in total. The molecule has 0 aromatic heterocycles. The number of nitrogens with zero attached hydrogens (tertiary/aromatic N) is 2. The fraction of sp³-hybridized carbons (Fsp3) is 0.867. The number of likely N-dealkylation sites (N-methyl/N-ethyl adjacent to an activating group) is 1. The van der Waals surface area contributed by atoms with Crippen LogP contribution in [0.25, 0.3) is 0 Å². The zero-order valence-electron chi connectivity index (χ0n) is 12.7. The average Bonchev–Trinajstić information content (AvgIpc) is 2.39. The van der Waals surface area contributed by atoms with Crippen LogP contribution in [0.4, 0.5) is 0 Å². The molecule has 0 aromatic carbocycles. The van der Waals surface area contributed by atoms with Crippen LogP contribution in [0.3, 0.4) is 0 Å². The first-order valence-electron chi connectivity index (χ1n) is 7.31. The van der Waals surface area contributed by atoms with Gasteiger partial charge >= 0.3 is 0 Å². The molecule has 1 amide bonds. The lowest BCUT2D eigenvalue weighted by molar-refractivity contribution is -0.124. The van der Waals surface area contributed by atoms with Gasteiger partial charge in [0, 0.05) is 6.04 Å². The Kier molecular flexibility index (Phi) is 5.81. The van der Waals surface area contributed by atoms with E-state index in [4.69, 9.17) is 0 Å². The van der Waals surface area contributed by atoms with E-state index >= 15 is 0 Å². The number of nitrogens with one attached hydrogen (secondary N) is 1. The molecule has 1 fully saturated rings. The molecule has 0 aromatic rings. The lowest BCUT2D eigenvalue weighted by Crippen LogP contribution is -2.52. The first kappa shape index (κ1) is 16.0. The molecule has 0 saturated heterocycles. The summed E-state index contributed by atoms with van der Waals surface area (Å²) < 4.78 is 0. The maximum absolute atomic E-state index is 12.1. The average molecular weight is 265 g/mol. The third-order valence-electron chi connectivity index (χ3n) is 4.38. The van der Waals surface area contributed by atoms with E-state index in [-0.39, 0.29) is 11.8 Å². The number of carbonyl (C=O) groups is 1. The third-order valence-corrected chi connectivity index (χ3v) is 4.38. The van der Waals surface area contributed by atoms with Gasteiger partial charge in [-0.25, -0.2) is 0 Å². The zero-order valence-corrected chi connectivity index (χ0v) is 12.7. The van der Waals surface area contributed by atoms with E-state index < -0.39 is 5.54 Å². The van der Waals surface area contributed by atoms with Gasteiger partial charge in [-0.2, -0.15) is 5.26 Å². The minimum atomic E-state index is -0.773. The molecular weight excluding hydrogens is 238 g/mol. The maximum Gasteiger partial charge on any atom is 0.235 e. The highest BCUT2D eigenvalue weighted by atomic mass is 16.2. The van der Waals surface area contributed by atoms with E-state index in [2.05, 4.69) is 16.3 Å². The molecule has 0 unspecified atom stereocenters. The van der Waals surface area contributed by atoms with Gasteiger partial charge in [0.2, 0.25) is 5.91 Å². The minimum absolute atomic E-state index is 0.0502. The summed E-state index contributed by atoms with van der Waals surface area (Å²) in [6, 6.07) is 2.73. The molecule has 0 radical (unpaired) electrons. The minimum Gasteiger partial charge on any atom is -0.337 e. The van der Waals surface area contributed by atoms with Crippen LogP contribution >= 0.6 is 0 Å². The number of carbonyl (C=O) groups excluding carboxylic acids is 1. The normalized spacial score (nSPS) is 20.1. The Morgan fingerprint density at radius 1 is 1.42 bits per heavy atom. The number of amides is 1. The molecule has 0 aliphatic heterocycles. The second-order valence-electron chi connectivity index (χ2n) is 6.22. The first-order valence-corrected chi connectivity index (χ1v) is 7.31. The van der Waals surface area contributed by atoms with Crippen molar-refractivity contribution < 1.29 is 4.79 Å². The quantitative estimate of drug-likeness (QED) is 0.830. The summed E-state index contributed by atoms with van der Waals surface area (Å²) in [5.74, 6) is 0.0484. The maximum atomic E-state index is 12.1. The zero-order chi connectivity index (χ0) is 14.5. The van der Waals surface area contributed by atoms with Crippen LogP contribution in [0.5, 0.6) is 0 Å². The van der Waals surface area contributed by atoms with Gasteiger partial charge in [-0.1, -0.05) is 33.1 Å². The Labute approximate surface area is 117 Å². The van der Waals surface area contributed by atoms with Crippen LogP contribution in [-0.2, 0) is 4.79 Å². The van der Waals surface area contributed by atoms with Crippen LogP contribution in [0, 0.1) is 17.2 Å². The molecule has 0 heterocycles. The van der Waals surface area contributed by atoms with E-state index in [9.17, 15) is 10.1 Å². The van der Waals surface area contributed by atoms with Crippen LogP contribution in [0.15, 0.2) is 0 Å². The van der Waals surface area contributed by atoms with Crippen molar-refractivity contribution in [1.29, 1.82) is 5.26 Å². The summed E-state index contributed by atoms with van der Waals surface area (Å²) in [6.45, 7) is 6.08. The predicted molar refractivity (Wildman–Crippen MR) is 76.5 cm³/mol. The van der Waals surface area contributed by atoms with E-state index in [1.807, 2.05) is 20.9 Å². The standard InChI is InChI=1S/C15H27N3O/c1-12(2)15(3,11-16)17-14(19)10-18(4)13-8-6-5-7-9-13/h12-13H,5-10H2,1-4H3,(H,17,19)/t15-/m1/s1. The summed E-state index contributed by atoms with van der Waals surface area (Å²) in [6.07, 6.45) is 6.21. The van der Waals surface area contributed by atoms with Crippen molar-refractivity contribution in [3.05, 3.63) is 0 Å². The Balaban J connectivity index is 2.48. The van der Waals surface area contributed by atoms with Crippen LogP contribution in [0.1, 0.15) is 52.9 Å². The Morgan fingerprint density at radius 3 is 2.47 bits per heavy atom. The van der Waals surface area contributed by atoms with Crippen molar-refractivity contribution >= 4 is 5.91 Å². The first-order chi connectivity index (χ1) is 8.89. The highest BCUT2D eigenvalue weighted by Gasteiger charge is 2.30. The van der Waals surface area contributed by atoms with Crippen molar-refractivity contribution in [3.8, 4) is 6.07 Å². The second-order valence-corrected chi connectivity index (χ2v) is 6.22. The molecule has 1 aliphatic rings. The lowest BCUT2D eigenvalue weighted by atomic mass is 9.90. The molecule has 1 rings (SSSR count). The fourth-order valence-electron chi connectivity index (χ4n) is 2.51. The van der Waals surface area contributed by atoms with Crippen LogP contribution < -0.4 is 5.32 Å². The van der Waals surface area contributed by atoms with Gasteiger partial charge in [-0.15, -0.1) is 0 Å². The Morgan fingerprint density at radius 2 is 2.00 bits per heavy atom. The van der Waals surface area contributed by atoms with Gasteiger partial charge in [0.05, 0.1) is 12.6 Å². The van der Waals surface area contributed by atoms with Crippen LogP contribution in [0.2, 0.25) is 0 Å². The van der Waals surface area contributed by atoms with E-state index in [1.54, 1.807) is 6.92 Å². The molecule has 4 heteroatoms. The van der Waals surface area contributed by atoms with E-state index in [1.165, 1.54) is 32.1 Å². The van der Waals surface area contributed by atoms with Crippen molar-refractivity contribution in [2.24, 2.45) is 5.92 Å². The van der Waals surface area contributed by atoms with E-state index in [0.717, 1.165) is 0 Å². The molecule has 1 aliphatic carbocycles. The number of rotatable bonds is 5. The van der Waals surface area contributed by atoms with Crippen molar-refractivity contribution in [2.75, 3.05) is 13.6 Å². The van der Waals surface area contributed by atoms with Gasteiger partial charge < -0.3 is 5.32 Å². The van der Waals surface area contributed by atoms with Gasteiger partial charge in [0.1, 0.15) is 5.54 Å². The summed E-state index contributed by atoms with van der Waals surface area (Å²) >= 11 is 0. The van der Waals surface area contributed by atoms with E-state index in [0.29, 0.717) is 12.6 Å². The van der Waals surface area contributed by atoms with Crippen molar-refractivity contribution in [2.45, 2.75) is 64.5 Å². The predicted octanol–water partition coefficient (Wildman–Crippen LogP) is 2.31. The smallest absolute Gasteiger partial charge is 0.235 e. The summed E-state index contributed by atoms with van der Waals surface area (Å²) in [5, 5.41) is 12.1. The summed E-state index contributed by atoms with van der Waals surface area (Å²) in [5.41, 5.74) is -0.773. The SMILES string of the molecule is CC(C)[C@@](C)(C#N)NC(=O)CN(C)C1CCCCC1. The van der Waals surface area contributed by atoms with Crippen LogP contribution in [-0.4, -0.2) is 36.0 Å². The Bertz CT molecular complexity index is 342. The topological polar surface area (TPSA) is 56.1 Å². The number of nitriles is 1. The molecule has 1 atom stereocenters. The van der Waals surface area contributed by atoms with Crippen molar-refractivity contribution in [1.82, 2.24) is 10.2 Å². The molecule has 0 spiro atoms. The lowest BCUT2D eigenvalue weighted by Gasteiger charge is -2.32. The molecule has 0 bridgehead atoms. The van der Waals surface area contributed by atoms with Gasteiger partial charge in [-0.05, 0) is 32.7 Å². The van der Waals surface area contributed by atoms with Gasteiger partial charge in [0.25, 0.3) is 0 Å². The largest absolute Gasteiger partial charge is 0.337 e. The molecule has 1 saturated carbocycles. The summed E-state index contributed by atoms with van der Waals surface area (Å²) in [4.78, 5) is 14.2. The van der Waals surface area contributed by atoms with Crippen molar-refractivity contribution in [3.63, 3.8) is 0 Å². The highest BCUT2D eigenvalue weighted by molar-refractivity contribution is 5.79. The van der Waals surface area contributed by atoms with Gasteiger partial charge in [0.15, 0.2) is 0 Å². The second kappa shape index (κ2) is 6.91. The monoisotopic (exact) mass is 265 g/mol. The number of hydrogen-bond acceptors (Lipinski definition) is 3. The summed E-state index contributed by atoms with van der Waals surface area (Å²) in [7, 11) is 2.01. The molecular formula is C15H27N3O. The number of hydrogen-bond donors (Lipinski definition) is 1. The molecule has 19 heavy (non-hydrogen) atoms. The highest BCUT2D eigenvalue weighted by Crippen LogP contribution is 2.21.